The Morgan fingerprint density at radius 3 is 2.47 bits per heavy atom. The monoisotopic (exact) mass is 242 g/mol. The molecule has 2 amide bonds. The maximum Gasteiger partial charge on any atom is 0.314 e. The quantitative estimate of drug-likeness (QED) is 0.723. The highest BCUT2D eigenvalue weighted by atomic mass is 16.2. The van der Waals surface area contributed by atoms with Crippen LogP contribution < -0.4 is 10.6 Å². The molecule has 0 aromatic heterocycles. The number of rotatable bonds is 5. The van der Waals surface area contributed by atoms with Crippen LogP contribution in [0.4, 0.5) is 4.79 Å². The van der Waals surface area contributed by atoms with E-state index >= 15 is 0 Å². The Hall–Kier alpha value is -0.810. The van der Waals surface area contributed by atoms with Crippen LogP contribution >= 0.6 is 0 Å². The van der Waals surface area contributed by atoms with Gasteiger partial charge in [0.25, 0.3) is 0 Å². The molecule has 2 N–H and O–H groups in total. The first-order chi connectivity index (χ1) is 8.11. The zero-order valence-electron chi connectivity index (χ0n) is 11.3. The van der Waals surface area contributed by atoms with Gasteiger partial charge in [-0.1, -0.05) is 6.92 Å². The van der Waals surface area contributed by atoms with Crippen LogP contribution in [0.15, 0.2) is 0 Å². The van der Waals surface area contributed by atoms with Crippen molar-refractivity contribution in [3.05, 3.63) is 0 Å². The third kappa shape index (κ3) is 5.89. The molecule has 1 rings (SSSR count). The molecule has 0 aliphatic carbocycles. The third-order valence-corrected chi connectivity index (χ3v) is 3.11. The maximum atomic E-state index is 11.2. The summed E-state index contributed by atoms with van der Waals surface area (Å²) in [6, 6.07) is -0.0577. The first-order valence-corrected chi connectivity index (χ1v) is 6.54. The van der Waals surface area contributed by atoms with Gasteiger partial charge in [0.05, 0.1) is 0 Å². The normalized spacial score (nSPS) is 19.9. The van der Waals surface area contributed by atoms with E-state index in [0.717, 1.165) is 39.3 Å². The number of urea groups is 1. The van der Waals surface area contributed by atoms with Crippen LogP contribution in [-0.2, 0) is 0 Å². The number of likely N-dealkylation sites (N-methyl/N-ethyl adjacent to an activating group) is 1. The number of nitrogens with one attached hydrogen (secondary N) is 2. The van der Waals surface area contributed by atoms with E-state index in [1.807, 2.05) is 6.92 Å². The summed E-state index contributed by atoms with van der Waals surface area (Å²) < 4.78 is 0. The minimum Gasteiger partial charge on any atom is -0.338 e. The molecular weight excluding hydrogens is 216 g/mol. The highest BCUT2D eigenvalue weighted by Gasteiger charge is 2.16. The van der Waals surface area contributed by atoms with Gasteiger partial charge in [-0.2, -0.15) is 0 Å². The lowest BCUT2D eigenvalue weighted by atomic mass is 10.1. The predicted octanol–water partition coefficient (Wildman–Crippen LogP) is 0.189. The second-order valence-corrected chi connectivity index (χ2v) is 4.95. The lowest BCUT2D eigenvalue weighted by Gasteiger charge is -2.33. The van der Waals surface area contributed by atoms with Gasteiger partial charge in [0.1, 0.15) is 0 Å². The van der Waals surface area contributed by atoms with Crippen LogP contribution in [0.3, 0.4) is 0 Å². The minimum atomic E-state index is -0.0577. The molecular formula is C12H26N4O. The maximum absolute atomic E-state index is 11.2. The molecule has 5 heteroatoms. The fourth-order valence-corrected chi connectivity index (χ4v) is 2.03. The molecule has 0 aromatic carbocycles. The zero-order valence-corrected chi connectivity index (χ0v) is 11.3. The molecule has 100 valence electrons. The van der Waals surface area contributed by atoms with Gasteiger partial charge >= 0.3 is 6.03 Å². The molecule has 1 aliphatic heterocycles. The van der Waals surface area contributed by atoms with E-state index < -0.39 is 0 Å². The number of hydrogen-bond donors (Lipinski definition) is 2. The van der Waals surface area contributed by atoms with Crippen LogP contribution in [0, 0.1) is 5.92 Å². The van der Waals surface area contributed by atoms with Crippen LogP contribution in [0.5, 0.6) is 0 Å². The standard InChI is InChI=1S/C12H26N4O/c1-4-13-12(17)14-9-11(2)10-16-7-5-15(3)6-8-16/h11H,4-10H2,1-3H3,(H2,13,14,17). The lowest BCUT2D eigenvalue weighted by molar-refractivity contribution is 0.138. The number of carbonyl (C=O) groups is 1. The van der Waals surface area contributed by atoms with Gasteiger partial charge in [0.2, 0.25) is 0 Å². The molecule has 1 saturated heterocycles. The Bertz CT molecular complexity index is 227. The van der Waals surface area contributed by atoms with Gasteiger partial charge in [0.15, 0.2) is 0 Å². The molecule has 1 fully saturated rings. The summed E-state index contributed by atoms with van der Waals surface area (Å²) in [6.45, 7) is 11.2. The molecule has 0 spiro atoms. The summed E-state index contributed by atoms with van der Waals surface area (Å²) >= 11 is 0. The van der Waals surface area contributed by atoms with Gasteiger partial charge in [-0.15, -0.1) is 0 Å². The van der Waals surface area contributed by atoms with E-state index in [4.69, 9.17) is 0 Å². The lowest BCUT2D eigenvalue weighted by Crippen LogP contribution is -2.47. The number of carbonyl (C=O) groups excluding carboxylic acids is 1. The summed E-state index contributed by atoms with van der Waals surface area (Å²) in [4.78, 5) is 16.1. The van der Waals surface area contributed by atoms with E-state index in [-0.39, 0.29) is 6.03 Å². The van der Waals surface area contributed by atoms with Crippen molar-refractivity contribution in [3.63, 3.8) is 0 Å². The van der Waals surface area contributed by atoms with Gasteiger partial charge in [-0.3, -0.25) is 0 Å². The van der Waals surface area contributed by atoms with Gasteiger partial charge < -0.3 is 20.4 Å². The zero-order chi connectivity index (χ0) is 12.7. The predicted molar refractivity (Wildman–Crippen MR) is 70.2 cm³/mol. The summed E-state index contributed by atoms with van der Waals surface area (Å²) in [5, 5.41) is 5.63. The molecule has 1 aliphatic rings. The molecule has 1 unspecified atom stereocenters. The molecule has 5 nitrogen and oxygen atoms in total. The van der Waals surface area contributed by atoms with Crippen LogP contribution in [-0.4, -0.2) is 68.7 Å². The minimum absolute atomic E-state index is 0.0577. The SMILES string of the molecule is CCNC(=O)NCC(C)CN1CCN(C)CC1. The molecule has 0 bridgehead atoms. The Labute approximate surface area is 105 Å². The highest BCUT2D eigenvalue weighted by molar-refractivity contribution is 5.73. The molecule has 0 aromatic rings. The van der Waals surface area contributed by atoms with Gasteiger partial charge in [0, 0.05) is 45.8 Å². The number of amides is 2. The average Bonchev–Trinajstić information content (AvgIpc) is 2.30. The van der Waals surface area contributed by atoms with Gasteiger partial charge in [-0.05, 0) is 19.9 Å². The summed E-state index contributed by atoms with van der Waals surface area (Å²) in [5.74, 6) is 0.501. The van der Waals surface area contributed by atoms with E-state index in [1.54, 1.807) is 0 Å². The average molecular weight is 242 g/mol. The summed E-state index contributed by atoms with van der Waals surface area (Å²) in [7, 11) is 2.16. The summed E-state index contributed by atoms with van der Waals surface area (Å²) in [6.07, 6.45) is 0. The Balaban J connectivity index is 2.12. The number of hydrogen-bond acceptors (Lipinski definition) is 3. The topological polar surface area (TPSA) is 47.6 Å². The van der Waals surface area contributed by atoms with Crippen molar-refractivity contribution in [2.75, 3.05) is 52.9 Å². The number of nitrogens with zero attached hydrogens (tertiary/aromatic N) is 2. The van der Waals surface area contributed by atoms with Crippen molar-refractivity contribution in [3.8, 4) is 0 Å². The van der Waals surface area contributed by atoms with Crippen molar-refractivity contribution >= 4 is 6.03 Å². The molecule has 0 saturated carbocycles. The van der Waals surface area contributed by atoms with Crippen molar-refractivity contribution in [1.29, 1.82) is 0 Å². The second kappa shape index (κ2) is 7.50. The molecule has 17 heavy (non-hydrogen) atoms. The van der Waals surface area contributed by atoms with E-state index in [1.165, 1.54) is 0 Å². The third-order valence-electron chi connectivity index (χ3n) is 3.11. The van der Waals surface area contributed by atoms with Gasteiger partial charge in [-0.25, -0.2) is 4.79 Å². The molecule has 0 radical (unpaired) electrons. The Morgan fingerprint density at radius 2 is 1.88 bits per heavy atom. The van der Waals surface area contributed by atoms with E-state index in [9.17, 15) is 4.79 Å². The number of piperazine rings is 1. The van der Waals surface area contributed by atoms with Crippen LogP contribution in [0.2, 0.25) is 0 Å². The van der Waals surface area contributed by atoms with Crippen LogP contribution in [0.25, 0.3) is 0 Å². The van der Waals surface area contributed by atoms with Crippen molar-refractivity contribution in [1.82, 2.24) is 20.4 Å². The molecule has 1 heterocycles. The van der Waals surface area contributed by atoms with E-state index in [2.05, 4.69) is 34.4 Å². The fourth-order valence-electron chi connectivity index (χ4n) is 2.03. The Morgan fingerprint density at radius 1 is 1.24 bits per heavy atom. The highest BCUT2D eigenvalue weighted by Crippen LogP contribution is 2.03. The first kappa shape index (κ1) is 14.3. The van der Waals surface area contributed by atoms with Crippen molar-refractivity contribution in [2.45, 2.75) is 13.8 Å². The fraction of sp³-hybridized carbons (Fsp3) is 0.917. The molecule has 1 atom stereocenters. The van der Waals surface area contributed by atoms with Crippen LogP contribution in [0.1, 0.15) is 13.8 Å². The second-order valence-electron chi connectivity index (χ2n) is 4.95. The van der Waals surface area contributed by atoms with Crippen molar-refractivity contribution < 1.29 is 4.79 Å². The van der Waals surface area contributed by atoms with E-state index in [0.29, 0.717) is 12.5 Å². The first-order valence-electron chi connectivity index (χ1n) is 6.54. The summed E-state index contributed by atoms with van der Waals surface area (Å²) in [5.41, 5.74) is 0. The smallest absolute Gasteiger partial charge is 0.314 e. The Kier molecular flexibility index (Phi) is 6.29. The van der Waals surface area contributed by atoms with Crippen molar-refractivity contribution in [2.24, 2.45) is 5.92 Å². The largest absolute Gasteiger partial charge is 0.338 e.